The van der Waals surface area contributed by atoms with E-state index in [-0.39, 0.29) is 5.56 Å². The fraction of sp³-hybridized carbons (Fsp3) is 0.125. The van der Waals surface area contributed by atoms with E-state index in [4.69, 9.17) is 19.2 Å². The summed E-state index contributed by atoms with van der Waals surface area (Å²) in [6.07, 6.45) is -1.06. The summed E-state index contributed by atoms with van der Waals surface area (Å²) in [6.45, 7) is 1.48. The van der Waals surface area contributed by atoms with Crippen molar-refractivity contribution in [3.05, 3.63) is 71.8 Å². The van der Waals surface area contributed by atoms with Crippen molar-refractivity contribution in [3.63, 3.8) is 0 Å². The maximum Gasteiger partial charge on any atom is 0.338 e. The summed E-state index contributed by atoms with van der Waals surface area (Å²) in [4.78, 5) is 24.9. The van der Waals surface area contributed by atoms with Crippen molar-refractivity contribution >= 4 is 39.5 Å². The van der Waals surface area contributed by atoms with Gasteiger partial charge >= 0.3 is 5.97 Å². The summed E-state index contributed by atoms with van der Waals surface area (Å²) >= 11 is 0. The Morgan fingerprint density at radius 3 is 2.48 bits per heavy atom. The van der Waals surface area contributed by atoms with Gasteiger partial charge in [0.25, 0.3) is 5.91 Å². The Labute approximate surface area is 177 Å². The van der Waals surface area contributed by atoms with Gasteiger partial charge in [-0.15, -0.1) is 0 Å². The van der Waals surface area contributed by atoms with Crippen LogP contribution >= 0.6 is 0 Å². The van der Waals surface area contributed by atoms with E-state index in [1.807, 2.05) is 30.3 Å². The number of carbonyl (C=O) groups excluding carboxylic acids is 2. The summed E-state index contributed by atoms with van der Waals surface area (Å²) in [5.41, 5.74) is 2.41. The van der Waals surface area contributed by atoms with Crippen LogP contribution in [0.25, 0.3) is 21.9 Å². The number of methoxy groups -OCH3 is 1. The summed E-state index contributed by atoms with van der Waals surface area (Å²) in [7, 11) is 1.51. The number of nitrogens with one attached hydrogen (secondary N) is 1. The Hall–Kier alpha value is -4.31. The van der Waals surface area contributed by atoms with Gasteiger partial charge in [0.2, 0.25) is 0 Å². The molecule has 0 aliphatic heterocycles. The lowest BCUT2D eigenvalue weighted by Crippen LogP contribution is -2.30. The second-order valence-corrected chi connectivity index (χ2v) is 6.87. The molecule has 1 atom stereocenters. The zero-order valence-corrected chi connectivity index (χ0v) is 16.8. The van der Waals surface area contributed by atoms with E-state index in [2.05, 4.69) is 5.32 Å². The quantitative estimate of drug-likeness (QED) is 0.477. The number of nitrogens with zero attached hydrogens (tertiary/aromatic N) is 1. The highest BCUT2D eigenvalue weighted by atomic mass is 16.5. The monoisotopic (exact) mass is 414 g/mol. The number of amides is 1. The first-order valence-electron chi connectivity index (χ1n) is 9.51. The number of para-hydroxylation sites is 1. The Morgan fingerprint density at radius 1 is 1.03 bits per heavy atom. The number of rotatable bonds is 5. The first-order chi connectivity index (χ1) is 15.0. The number of nitriles is 1. The molecule has 154 valence electrons. The summed E-state index contributed by atoms with van der Waals surface area (Å²) in [5.74, 6) is -0.722. The van der Waals surface area contributed by atoms with Crippen LogP contribution < -0.4 is 10.1 Å². The predicted octanol–water partition coefficient (Wildman–Crippen LogP) is 4.65. The van der Waals surface area contributed by atoms with Gasteiger partial charge in [-0.25, -0.2) is 4.79 Å². The third-order valence-electron chi connectivity index (χ3n) is 4.86. The maximum atomic E-state index is 12.6. The lowest BCUT2D eigenvalue weighted by atomic mass is 10.1. The van der Waals surface area contributed by atoms with Crippen molar-refractivity contribution in [3.8, 4) is 11.8 Å². The second-order valence-electron chi connectivity index (χ2n) is 6.87. The molecule has 31 heavy (non-hydrogen) atoms. The number of anilines is 1. The molecule has 7 heteroatoms. The standard InChI is InChI=1S/C24H18N2O5/c1-14(30-24(28)16-9-7-15(13-25)8-10-16)23(27)26-19-12-21-18(11-22(19)29-2)17-5-3-4-6-20(17)31-21/h3-12,14H,1-2H3,(H,26,27)/t14-/m1/s1. The van der Waals surface area contributed by atoms with E-state index in [1.165, 1.54) is 38.3 Å². The first kappa shape index (κ1) is 20.0. The van der Waals surface area contributed by atoms with Crippen LogP contribution in [-0.4, -0.2) is 25.1 Å². The van der Waals surface area contributed by atoms with Crippen molar-refractivity contribution in [1.29, 1.82) is 5.26 Å². The zero-order valence-electron chi connectivity index (χ0n) is 16.8. The van der Waals surface area contributed by atoms with Crippen molar-refractivity contribution < 1.29 is 23.5 Å². The first-order valence-corrected chi connectivity index (χ1v) is 9.51. The van der Waals surface area contributed by atoms with Gasteiger partial charge in [0, 0.05) is 16.8 Å². The van der Waals surface area contributed by atoms with Crippen LogP contribution in [0.5, 0.6) is 5.75 Å². The summed E-state index contributed by atoms with van der Waals surface area (Å²) in [5, 5.41) is 13.4. The van der Waals surface area contributed by atoms with Gasteiger partial charge < -0.3 is 19.2 Å². The average Bonchev–Trinajstić information content (AvgIpc) is 3.15. The minimum Gasteiger partial charge on any atom is -0.495 e. The van der Waals surface area contributed by atoms with Crippen LogP contribution in [0.3, 0.4) is 0 Å². The summed E-state index contributed by atoms with van der Waals surface area (Å²) < 4.78 is 16.5. The fourth-order valence-corrected chi connectivity index (χ4v) is 3.22. The third kappa shape index (κ3) is 3.91. The van der Waals surface area contributed by atoms with Crippen molar-refractivity contribution in [2.75, 3.05) is 12.4 Å². The number of furan rings is 1. The van der Waals surface area contributed by atoms with Crippen LogP contribution in [0, 0.1) is 11.3 Å². The van der Waals surface area contributed by atoms with E-state index in [1.54, 1.807) is 12.1 Å². The SMILES string of the molecule is COc1cc2c(cc1NC(=O)[C@@H](C)OC(=O)c1ccc(C#N)cc1)oc1ccccc12. The van der Waals surface area contributed by atoms with Gasteiger partial charge in [0.1, 0.15) is 16.9 Å². The van der Waals surface area contributed by atoms with Gasteiger partial charge in [0.15, 0.2) is 6.10 Å². The van der Waals surface area contributed by atoms with Crippen molar-refractivity contribution in [2.45, 2.75) is 13.0 Å². The van der Waals surface area contributed by atoms with Gasteiger partial charge in [-0.2, -0.15) is 5.26 Å². The van der Waals surface area contributed by atoms with Crippen LogP contribution in [-0.2, 0) is 9.53 Å². The van der Waals surface area contributed by atoms with Gasteiger partial charge in [-0.1, -0.05) is 18.2 Å². The zero-order chi connectivity index (χ0) is 22.0. The highest BCUT2D eigenvalue weighted by molar-refractivity contribution is 6.08. The number of hydrogen-bond donors (Lipinski definition) is 1. The van der Waals surface area contributed by atoms with Crippen molar-refractivity contribution in [2.24, 2.45) is 0 Å². The highest BCUT2D eigenvalue weighted by Crippen LogP contribution is 2.36. The van der Waals surface area contributed by atoms with Crippen molar-refractivity contribution in [1.82, 2.24) is 0 Å². The molecule has 0 radical (unpaired) electrons. The van der Waals surface area contributed by atoms with Crippen LogP contribution in [0.4, 0.5) is 5.69 Å². The van der Waals surface area contributed by atoms with E-state index in [0.717, 1.165) is 16.4 Å². The molecule has 0 saturated heterocycles. The van der Waals surface area contributed by atoms with E-state index < -0.39 is 18.0 Å². The van der Waals surface area contributed by atoms with Gasteiger partial charge in [-0.05, 0) is 43.3 Å². The van der Waals surface area contributed by atoms with E-state index in [0.29, 0.717) is 22.6 Å². The number of benzene rings is 3. The number of ether oxygens (including phenoxy) is 2. The Balaban J connectivity index is 1.53. The van der Waals surface area contributed by atoms with Gasteiger partial charge in [0.05, 0.1) is 30.0 Å². The molecule has 0 aliphatic rings. The molecule has 0 spiro atoms. The minimum atomic E-state index is -1.06. The molecule has 1 aromatic heterocycles. The second kappa shape index (κ2) is 8.20. The molecule has 0 bridgehead atoms. The lowest BCUT2D eigenvalue weighted by molar-refractivity contribution is -0.123. The molecule has 3 aromatic carbocycles. The smallest absolute Gasteiger partial charge is 0.338 e. The average molecular weight is 414 g/mol. The molecule has 0 saturated carbocycles. The van der Waals surface area contributed by atoms with Crippen LogP contribution in [0.1, 0.15) is 22.8 Å². The predicted molar refractivity (Wildman–Crippen MR) is 115 cm³/mol. The number of fused-ring (bicyclic) bond motifs is 3. The molecule has 1 N–H and O–H groups in total. The normalized spacial score (nSPS) is 11.6. The number of hydrogen-bond acceptors (Lipinski definition) is 6. The Morgan fingerprint density at radius 2 is 1.77 bits per heavy atom. The fourth-order valence-electron chi connectivity index (χ4n) is 3.22. The molecule has 1 heterocycles. The molecule has 1 amide bonds. The molecular formula is C24H18N2O5. The largest absolute Gasteiger partial charge is 0.495 e. The third-order valence-corrected chi connectivity index (χ3v) is 4.86. The van der Waals surface area contributed by atoms with Gasteiger partial charge in [-0.3, -0.25) is 4.79 Å². The highest BCUT2D eigenvalue weighted by Gasteiger charge is 2.21. The van der Waals surface area contributed by atoms with E-state index >= 15 is 0 Å². The van der Waals surface area contributed by atoms with E-state index in [9.17, 15) is 9.59 Å². The topological polar surface area (TPSA) is 102 Å². The summed E-state index contributed by atoms with van der Waals surface area (Å²) in [6, 6.07) is 19.0. The molecule has 0 aliphatic carbocycles. The molecule has 4 aromatic rings. The number of esters is 1. The van der Waals surface area contributed by atoms with Crippen LogP contribution in [0.2, 0.25) is 0 Å². The molecule has 4 rings (SSSR count). The van der Waals surface area contributed by atoms with Crippen LogP contribution in [0.15, 0.2) is 65.1 Å². The lowest BCUT2D eigenvalue weighted by Gasteiger charge is -2.15. The Bertz CT molecular complexity index is 1330. The number of carbonyl (C=O) groups is 2. The maximum absolute atomic E-state index is 12.6. The molecule has 0 unspecified atom stereocenters. The molecule has 7 nitrogen and oxygen atoms in total. The molecular weight excluding hydrogens is 396 g/mol. The molecule has 0 fully saturated rings. The Kier molecular flexibility index (Phi) is 5.29. The minimum absolute atomic E-state index is 0.250.